The molecule has 2 atom stereocenters. The van der Waals surface area contributed by atoms with Gasteiger partial charge in [0, 0.05) is 41.9 Å². The lowest BCUT2D eigenvalue weighted by Crippen LogP contribution is -2.74. The third kappa shape index (κ3) is 4.41. The lowest BCUT2D eigenvalue weighted by Gasteiger charge is -2.65. The number of fused-ring (bicyclic) bond motifs is 2. The zero-order chi connectivity index (χ0) is 29.4. The molecule has 4 fully saturated rings. The first-order valence-electron chi connectivity index (χ1n) is 15.2. The Morgan fingerprint density at radius 3 is 2.48 bits per heavy atom. The maximum absolute atomic E-state index is 13.6. The van der Waals surface area contributed by atoms with E-state index in [0.717, 1.165) is 36.1 Å². The first-order valence-corrected chi connectivity index (χ1v) is 15.5. The summed E-state index contributed by atoms with van der Waals surface area (Å²) in [7, 11) is 0. The van der Waals surface area contributed by atoms with Crippen LogP contribution in [0.5, 0.6) is 5.75 Å². The van der Waals surface area contributed by atoms with Crippen LogP contribution in [-0.2, 0) is 6.54 Å². The molecule has 2 unspecified atom stereocenters. The number of pyridine rings is 1. The number of rotatable bonds is 4. The van der Waals surface area contributed by atoms with E-state index in [4.69, 9.17) is 27.9 Å². The van der Waals surface area contributed by atoms with Gasteiger partial charge in [-0.15, -0.1) is 0 Å². The number of hydrogen-bond acceptors (Lipinski definition) is 5. The Kier molecular flexibility index (Phi) is 6.59. The molecule has 2 saturated heterocycles. The molecule has 5 aliphatic rings. The number of halogens is 1. The van der Waals surface area contributed by atoms with Crippen LogP contribution in [0.1, 0.15) is 62.3 Å². The van der Waals surface area contributed by atoms with Crippen LogP contribution in [0.25, 0.3) is 4.85 Å². The summed E-state index contributed by atoms with van der Waals surface area (Å²) in [6, 6.07) is 9.65. The Morgan fingerprint density at radius 2 is 1.81 bits per heavy atom. The summed E-state index contributed by atoms with van der Waals surface area (Å²) in [4.78, 5) is 26.6. The Labute approximate surface area is 253 Å². The van der Waals surface area contributed by atoms with Gasteiger partial charge in [0.05, 0.1) is 29.4 Å². The fourth-order valence-electron chi connectivity index (χ4n) is 8.86. The van der Waals surface area contributed by atoms with Gasteiger partial charge in [-0.1, -0.05) is 51.3 Å². The number of hydrogen-bond donors (Lipinski definition) is 1. The van der Waals surface area contributed by atoms with Crippen molar-refractivity contribution in [1.29, 1.82) is 0 Å². The molecule has 0 radical (unpaired) electrons. The molecule has 1 aromatic carbocycles. The van der Waals surface area contributed by atoms with Crippen LogP contribution in [0.4, 0.5) is 5.69 Å². The summed E-state index contributed by atoms with van der Waals surface area (Å²) in [6.07, 6.45) is 2.17. The SMILES string of the molecule is [C-]#[N+]c1ccc(OC2C(C)(C)C(N3Cc4nc(C#CC5CC(N6CC7CNCC7C6)C5)ccc4C3=O)C2(C)C)cc1Cl. The minimum absolute atomic E-state index is 0.0264. The van der Waals surface area contributed by atoms with Crippen LogP contribution in [0.3, 0.4) is 0 Å². The molecule has 1 amide bonds. The number of nitrogens with one attached hydrogen (secondary N) is 1. The number of carbonyl (C=O) groups is 1. The minimum Gasteiger partial charge on any atom is -0.489 e. The maximum atomic E-state index is 13.6. The van der Waals surface area contributed by atoms with Crippen molar-refractivity contribution in [3.63, 3.8) is 0 Å². The molecule has 42 heavy (non-hydrogen) atoms. The van der Waals surface area contributed by atoms with Gasteiger partial charge in [0.2, 0.25) is 5.69 Å². The highest BCUT2D eigenvalue weighted by molar-refractivity contribution is 6.33. The summed E-state index contributed by atoms with van der Waals surface area (Å²) < 4.78 is 6.45. The Hall–Kier alpha value is -3.10. The predicted octanol–water partition coefficient (Wildman–Crippen LogP) is 5.41. The molecule has 2 aliphatic carbocycles. The van der Waals surface area contributed by atoms with Gasteiger partial charge < -0.3 is 15.0 Å². The fraction of sp³-hybridized carbons (Fsp3) is 0.559. The predicted molar refractivity (Wildman–Crippen MR) is 162 cm³/mol. The number of aromatic nitrogens is 1. The topological polar surface area (TPSA) is 62.1 Å². The average molecular weight is 584 g/mol. The Balaban J connectivity index is 1.00. The van der Waals surface area contributed by atoms with Crippen LogP contribution in [0.2, 0.25) is 5.02 Å². The van der Waals surface area contributed by atoms with Crippen LogP contribution < -0.4 is 10.1 Å². The van der Waals surface area contributed by atoms with Crippen LogP contribution in [0.15, 0.2) is 30.3 Å². The number of benzene rings is 1. The van der Waals surface area contributed by atoms with Crippen LogP contribution in [-0.4, -0.2) is 65.1 Å². The average Bonchev–Trinajstić information content (AvgIpc) is 3.60. The van der Waals surface area contributed by atoms with Crippen LogP contribution in [0, 0.1) is 47.0 Å². The Bertz CT molecular complexity index is 1520. The molecule has 2 saturated carbocycles. The van der Waals surface area contributed by atoms with Crippen molar-refractivity contribution < 1.29 is 9.53 Å². The van der Waals surface area contributed by atoms with Gasteiger partial charge >= 0.3 is 0 Å². The number of nitrogens with zero attached hydrogens (tertiary/aromatic N) is 4. The van der Waals surface area contributed by atoms with Crippen molar-refractivity contribution in [3.8, 4) is 17.6 Å². The van der Waals surface area contributed by atoms with Gasteiger partial charge in [-0.25, -0.2) is 9.83 Å². The highest BCUT2D eigenvalue weighted by Crippen LogP contribution is 2.59. The lowest BCUT2D eigenvalue weighted by atomic mass is 9.49. The van der Waals surface area contributed by atoms with Gasteiger partial charge in [0.25, 0.3) is 5.91 Å². The highest BCUT2D eigenvalue weighted by Gasteiger charge is 2.67. The molecule has 4 heterocycles. The summed E-state index contributed by atoms with van der Waals surface area (Å²) in [5, 5.41) is 3.91. The van der Waals surface area contributed by atoms with Gasteiger partial charge in [-0.2, -0.15) is 0 Å². The maximum Gasteiger partial charge on any atom is 0.256 e. The number of carbonyl (C=O) groups excluding carboxylic acids is 1. The van der Waals surface area contributed by atoms with Crippen molar-refractivity contribution in [3.05, 3.63) is 63.7 Å². The molecule has 1 N–H and O–H groups in total. The number of amides is 1. The first kappa shape index (κ1) is 27.7. The van der Waals surface area contributed by atoms with Crippen molar-refractivity contribution in [1.82, 2.24) is 20.1 Å². The normalized spacial score (nSPS) is 32.2. The summed E-state index contributed by atoms with van der Waals surface area (Å²) in [5.41, 5.74) is 2.04. The molecule has 7 rings (SSSR count). The Morgan fingerprint density at radius 1 is 1.10 bits per heavy atom. The minimum atomic E-state index is -0.306. The molecule has 0 spiro atoms. The highest BCUT2D eigenvalue weighted by atomic mass is 35.5. The smallest absolute Gasteiger partial charge is 0.256 e. The van der Waals surface area contributed by atoms with E-state index < -0.39 is 0 Å². The molecule has 218 valence electrons. The number of ether oxygens (including phenoxy) is 1. The van der Waals surface area contributed by atoms with Crippen LogP contribution >= 0.6 is 11.6 Å². The van der Waals surface area contributed by atoms with E-state index in [9.17, 15) is 4.79 Å². The largest absolute Gasteiger partial charge is 0.489 e. The molecule has 1 aromatic heterocycles. The summed E-state index contributed by atoms with van der Waals surface area (Å²) in [5.74, 6) is 9.57. The zero-order valence-electron chi connectivity index (χ0n) is 24.8. The summed E-state index contributed by atoms with van der Waals surface area (Å²) >= 11 is 6.27. The third-order valence-corrected chi connectivity index (χ3v) is 10.9. The van der Waals surface area contributed by atoms with E-state index in [1.54, 1.807) is 18.2 Å². The molecular weight excluding hydrogens is 546 g/mol. The van der Waals surface area contributed by atoms with Crippen molar-refractivity contribution in [2.24, 2.45) is 28.6 Å². The van der Waals surface area contributed by atoms with E-state index in [0.29, 0.717) is 40.5 Å². The van der Waals surface area contributed by atoms with Gasteiger partial charge in [0.15, 0.2) is 0 Å². The molecule has 8 heteroatoms. The zero-order valence-corrected chi connectivity index (χ0v) is 25.5. The van der Waals surface area contributed by atoms with Gasteiger partial charge in [-0.05, 0) is 68.0 Å². The second-order valence-corrected chi connectivity index (χ2v) is 14.5. The molecular formula is C34H38ClN5O2. The molecule has 2 aromatic rings. The summed E-state index contributed by atoms with van der Waals surface area (Å²) in [6.45, 7) is 21.2. The van der Waals surface area contributed by atoms with E-state index in [1.807, 2.05) is 17.0 Å². The fourth-order valence-corrected chi connectivity index (χ4v) is 9.07. The van der Waals surface area contributed by atoms with Crippen molar-refractivity contribution >= 4 is 23.2 Å². The standard InChI is InChI=1S/C34H38ClN5O2/c1-33(2)31(34(3,4)32(33)42-25-9-11-28(36-5)27(35)14-25)40-19-29-26(30(40)41)10-8-23(38-29)7-6-20-12-24(13-20)39-17-21-15-37-16-22(21)18-39/h8-11,14,20-22,24,31-32,37H,12-13,15-19H2,1-4H3. The quantitative estimate of drug-likeness (QED) is 0.385. The monoisotopic (exact) mass is 583 g/mol. The van der Waals surface area contributed by atoms with E-state index in [2.05, 4.69) is 54.6 Å². The molecule has 0 bridgehead atoms. The molecule has 7 nitrogen and oxygen atoms in total. The first-order chi connectivity index (χ1) is 20.1. The second-order valence-electron chi connectivity index (χ2n) is 14.1. The van der Waals surface area contributed by atoms with Crippen molar-refractivity contribution in [2.75, 3.05) is 26.2 Å². The second kappa shape index (κ2) is 9.98. The van der Waals surface area contributed by atoms with E-state index >= 15 is 0 Å². The van der Waals surface area contributed by atoms with E-state index in [1.165, 1.54) is 26.2 Å². The van der Waals surface area contributed by atoms with E-state index in [-0.39, 0.29) is 28.9 Å². The van der Waals surface area contributed by atoms with Gasteiger partial charge in [-0.3, -0.25) is 9.69 Å². The number of likely N-dealkylation sites (tertiary alicyclic amines) is 1. The lowest BCUT2D eigenvalue weighted by molar-refractivity contribution is -0.199. The van der Waals surface area contributed by atoms with Crippen molar-refractivity contribution in [2.45, 2.75) is 65.3 Å². The third-order valence-electron chi connectivity index (χ3n) is 10.6. The van der Waals surface area contributed by atoms with Gasteiger partial charge in [0.1, 0.15) is 17.5 Å². The molecule has 3 aliphatic heterocycles.